The second kappa shape index (κ2) is 16.1. The molecule has 0 saturated carbocycles. The van der Waals surface area contributed by atoms with Crippen LogP contribution in [0, 0.1) is 5.92 Å². The van der Waals surface area contributed by atoms with E-state index in [9.17, 15) is 23.8 Å². The standard InChI is InChI=1S/C40H42N5O5P/c41-38(46)35(24-31-25-42-34-21-10-8-19-32(31)34)44-39(47)30(18-11-16-27-12-3-1-4-13-27)26-51(49,50)37(22-28-14-5-2-6-15-28)45-40(48)36-23-29-17-7-9-20-33(29)43-36/h1-10,12-15,17,19-21,23,25,30,35,37,42-43H,11,16,18,22,24,26H2,(H2,41,46)(H,44,47)(H,45,48)(H,49,50)/t30?,35-,37?/m0/s1. The number of nitrogens with one attached hydrogen (secondary N) is 4. The lowest BCUT2D eigenvalue weighted by atomic mass is 9.98. The van der Waals surface area contributed by atoms with Crippen LogP contribution < -0.4 is 16.4 Å². The van der Waals surface area contributed by atoms with Gasteiger partial charge in [-0.05, 0) is 54.2 Å². The summed E-state index contributed by atoms with van der Waals surface area (Å²) in [6.45, 7) is 0. The number of amides is 3. The zero-order chi connectivity index (χ0) is 35.8. The fraction of sp³-hybridized carbons (Fsp3) is 0.225. The number of hydrogen-bond acceptors (Lipinski definition) is 4. The Morgan fingerprint density at radius 3 is 2.14 bits per heavy atom. The normalized spacial score (nSPS) is 14.4. The molecule has 0 spiro atoms. The number of primary amides is 1. The number of carbonyl (C=O) groups excluding carboxylic acids is 3. The van der Waals surface area contributed by atoms with Gasteiger partial charge >= 0.3 is 0 Å². The number of carbonyl (C=O) groups is 3. The molecular formula is C40H42N5O5P. The van der Waals surface area contributed by atoms with Crippen LogP contribution in [0.4, 0.5) is 0 Å². The minimum atomic E-state index is -4.28. The average molecular weight is 704 g/mol. The maximum Gasteiger partial charge on any atom is 0.268 e. The molecule has 6 aromatic rings. The lowest BCUT2D eigenvalue weighted by Gasteiger charge is -2.28. The predicted octanol–water partition coefficient (Wildman–Crippen LogP) is 6.07. The van der Waals surface area contributed by atoms with Crippen LogP contribution in [0.3, 0.4) is 0 Å². The van der Waals surface area contributed by atoms with Crippen molar-refractivity contribution in [2.75, 3.05) is 6.16 Å². The summed E-state index contributed by atoms with van der Waals surface area (Å²) in [7, 11) is -4.28. The third-order valence-electron chi connectivity index (χ3n) is 9.30. The Kier molecular flexibility index (Phi) is 11.1. The Labute approximate surface area is 296 Å². The monoisotopic (exact) mass is 703 g/mol. The topological polar surface area (TPSA) is 170 Å². The van der Waals surface area contributed by atoms with Gasteiger partial charge in [0.25, 0.3) is 5.91 Å². The van der Waals surface area contributed by atoms with E-state index in [0.29, 0.717) is 12.8 Å². The molecule has 4 atom stereocenters. The van der Waals surface area contributed by atoms with Crippen LogP contribution in [0.25, 0.3) is 21.8 Å². The highest BCUT2D eigenvalue weighted by Crippen LogP contribution is 2.49. The fourth-order valence-electron chi connectivity index (χ4n) is 6.53. The number of aromatic nitrogens is 2. The molecule has 262 valence electrons. The van der Waals surface area contributed by atoms with Gasteiger partial charge in [-0.25, -0.2) is 0 Å². The van der Waals surface area contributed by atoms with E-state index >= 15 is 0 Å². The number of H-pyrrole nitrogens is 2. The molecule has 3 amide bonds. The van der Waals surface area contributed by atoms with Gasteiger partial charge in [0.05, 0.1) is 0 Å². The Bertz CT molecular complexity index is 2130. The molecule has 2 heterocycles. The van der Waals surface area contributed by atoms with Gasteiger partial charge in [0.1, 0.15) is 17.5 Å². The first-order chi connectivity index (χ1) is 24.7. The van der Waals surface area contributed by atoms with E-state index in [2.05, 4.69) is 20.6 Å². The molecule has 0 aliphatic rings. The van der Waals surface area contributed by atoms with E-state index in [1.54, 1.807) is 12.3 Å². The van der Waals surface area contributed by atoms with Crippen molar-refractivity contribution in [1.29, 1.82) is 0 Å². The third kappa shape index (κ3) is 9.03. The molecule has 0 radical (unpaired) electrons. The van der Waals surface area contributed by atoms with E-state index in [1.165, 1.54) is 0 Å². The van der Waals surface area contributed by atoms with E-state index in [4.69, 9.17) is 5.73 Å². The molecule has 4 aromatic carbocycles. The van der Waals surface area contributed by atoms with Crippen molar-refractivity contribution in [3.05, 3.63) is 144 Å². The minimum absolute atomic E-state index is 0.0728. The first-order valence-electron chi connectivity index (χ1n) is 17.1. The molecule has 11 heteroatoms. The van der Waals surface area contributed by atoms with Gasteiger partial charge in [-0.2, -0.15) is 0 Å². The smallest absolute Gasteiger partial charge is 0.268 e. The average Bonchev–Trinajstić information content (AvgIpc) is 3.76. The SMILES string of the molecule is NC(=O)[C@H](Cc1c[nH]c2ccccc12)NC(=O)C(CCCc1ccccc1)CP(=O)(O)C(Cc1ccccc1)NC(=O)c1cc2ccccc2[nH]1. The van der Waals surface area contributed by atoms with Gasteiger partial charge in [0.15, 0.2) is 0 Å². The van der Waals surface area contributed by atoms with Crippen molar-refractivity contribution in [3.63, 3.8) is 0 Å². The molecule has 0 bridgehead atoms. The van der Waals surface area contributed by atoms with Crippen molar-refractivity contribution < 1.29 is 23.8 Å². The molecule has 0 aliphatic heterocycles. The zero-order valence-electron chi connectivity index (χ0n) is 28.1. The fourth-order valence-corrected chi connectivity index (χ4v) is 8.58. The molecule has 0 saturated heterocycles. The molecule has 2 aromatic heterocycles. The molecule has 10 nitrogen and oxygen atoms in total. The summed E-state index contributed by atoms with van der Waals surface area (Å²) in [5, 5.41) is 7.37. The Morgan fingerprint density at radius 1 is 0.784 bits per heavy atom. The highest BCUT2D eigenvalue weighted by molar-refractivity contribution is 7.58. The first-order valence-corrected chi connectivity index (χ1v) is 19.0. The summed E-state index contributed by atoms with van der Waals surface area (Å²) in [5.74, 6) is -3.92. The number of hydrogen-bond donors (Lipinski definition) is 6. The number of aryl methyl sites for hydroxylation is 1. The van der Waals surface area contributed by atoms with Crippen LogP contribution in [0.5, 0.6) is 0 Å². The summed E-state index contributed by atoms with van der Waals surface area (Å²) in [4.78, 5) is 58.4. The lowest BCUT2D eigenvalue weighted by molar-refractivity contribution is -0.129. The maximum absolute atomic E-state index is 14.5. The van der Waals surface area contributed by atoms with Gasteiger partial charge in [-0.15, -0.1) is 0 Å². The largest absolute Gasteiger partial charge is 0.368 e. The number of rotatable bonds is 16. The molecule has 3 unspecified atom stereocenters. The summed E-state index contributed by atoms with van der Waals surface area (Å²) < 4.78 is 14.5. The predicted molar refractivity (Wildman–Crippen MR) is 200 cm³/mol. The Hall–Kier alpha value is -5.44. The lowest BCUT2D eigenvalue weighted by Crippen LogP contribution is -2.48. The van der Waals surface area contributed by atoms with E-state index in [0.717, 1.165) is 38.5 Å². The van der Waals surface area contributed by atoms with Gasteiger partial charge in [-0.1, -0.05) is 97.1 Å². The van der Waals surface area contributed by atoms with Gasteiger partial charge in [0.2, 0.25) is 19.2 Å². The zero-order valence-corrected chi connectivity index (χ0v) is 29.0. The van der Waals surface area contributed by atoms with Crippen molar-refractivity contribution in [2.24, 2.45) is 11.7 Å². The molecule has 0 aliphatic carbocycles. The van der Waals surface area contributed by atoms with Crippen LogP contribution in [-0.4, -0.2) is 50.6 Å². The van der Waals surface area contributed by atoms with Crippen molar-refractivity contribution >= 4 is 46.9 Å². The summed E-state index contributed by atoms with van der Waals surface area (Å²) in [6.07, 6.45) is 3.08. The maximum atomic E-state index is 14.5. The number of benzene rings is 4. The Morgan fingerprint density at radius 2 is 1.43 bits per heavy atom. The third-order valence-corrected chi connectivity index (χ3v) is 11.6. The summed E-state index contributed by atoms with van der Waals surface area (Å²) in [6, 6.07) is 34.7. The van der Waals surface area contributed by atoms with Crippen LogP contribution in [0.15, 0.2) is 121 Å². The van der Waals surface area contributed by atoms with Gasteiger partial charge in [0, 0.05) is 52.9 Å². The summed E-state index contributed by atoms with van der Waals surface area (Å²) in [5.41, 5.74) is 10.4. The van der Waals surface area contributed by atoms with Crippen molar-refractivity contribution in [1.82, 2.24) is 20.6 Å². The first kappa shape index (κ1) is 35.4. The van der Waals surface area contributed by atoms with Crippen molar-refractivity contribution in [2.45, 2.75) is 43.9 Å². The Balaban J connectivity index is 1.25. The van der Waals surface area contributed by atoms with Crippen LogP contribution in [-0.2, 0) is 33.4 Å². The second-order valence-corrected chi connectivity index (χ2v) is 15.5. The summed E-state index contributed by atoms with van der Waals surface area (Å²) >= 11 is 0. The number of nitrogens with two attached hydrogens (primary N) is 1. The highest BCUT2D eigenvalue weighted by atomic mass is 31.2. The van der Waals surface area contributed by atoms with E-state index in [-0.39, 0.29) is 25.0 Å². The molecule has 51 heavy (non-hydrogen) atoms. The molecule has 0 fully saturated rings. The van der Waals surface area contributed by atoms with Crippen LogP contribution >= 0.6 is 7.37 Å². The van der Waals surface area contributed by atoms with Crippen LogP contribution in [0.2, 0.25) is 0 Å². The molecular weight excluding hydrogens is 661 g/mol. The van der Waals surface area contributed by atoms with E-state index < -0.39 is 49.0 Å². The number of para-hydroxylation sites is 2. The van der Waals surface area contributed by atoms with Crippen LogP contribution in [0.1, 0.15) is 40.0 Å². The highest BCUT2D eigenvalue weighted by Gasteiger charge is 2.38. The number of fused-ring (bicyclic) bond motifs is 2. The minimum Gasteiger partial charge on any atom is -0.368 e. The molecule has 7 N–H and O–H groups in total. The molecule has 6 rings (SSSR count). The quantitative estimate of drug-likeness (QED) is 0.0672. The number of aromatic amines is 2. The van der Waals surface area contributed by atoms with Gasteiger partial charge < -0.3 is 31.2 Å². The van der Waals surface area contributed by atoms with Crippen molar-refractivity contribution in [3.8, 4) is 0 Å². The van der Waals surface area contributed by atoms with Gasteiger partial charge in [-0.3, -0.25) is 18.9 Å². The second-order valence-electron chi connectivity index (χ2n) is 13.0. The van der Waals surface area contributed by atoms with E-state index in [1.807, 2.05) is 109 Å².